The Morgan fingerprint density at radius 3 is 2.84 bits per heavy atom. The molecule has 0 bridgehead atoms. The first-order chi connectivity index (χ1) is 11.9. The molecule has 0 fully saturated rings. The number of aromatic amines is 1. The van der Waals surface area contributed by atoms with Crippen LogP contribution in [0.15, 0.2) is 41.3 Å². The Morgan fingerprint density at radius 2 is 2.08 bits per heavy atom. The van der Waals surface area contributed by atoms with Crippen LogP contribution in [0.25, 0.3) is 0 Å². The number of hydrogen-bond acceptors (Lipinski definition) is 4. The number of rotatable bonds is 4. The molecule has 25 heavy (non-hydrogen) atoms. The lowest BCUT2D eigenvalue weighted by atomic mass is 10.1. The van der Waals surface area contributed by atoms with Gasteiger partial charge in [-0.1, -0.05) is 23.2 Å². The number of aryl methyl sites for hydroxylation is 1. The molecular weight excluding hydrogens is 381 g/mol. The molecule has 0 aliphatic heterocycles. The Hall–Kier alpha value is -2.15. The third-order valence-corrected chi connectivity index (χ3v) is 4.96. The Morgan fingerprint density at radius 1 is 1.28 bits per heavy atom. The average Bonchev–Trinajstić information content (AvgIpc) is 2.97. The van der Waals surface area contributed by atoms with Crippen molar-refractivity contribution in [3.8, 4) is 0 Å². The van der Waals surface area contributed by atoms with Crippen LogP contribution >= 0.6 is 34.5 Å². The molecule has 2 aromatic heterocycles. The van der Waals surface area contributed by atoms with Crippen molar-refractivity contribution < 1.29 is 4.79 Å². The summed E-state index contributed by atoms with van der Waals surface area (Å²) in [7, 11) is 0. The fraction of sp³-hybridized carbons (Fsp3) is 0.118. The van der Waals surface area contributed by atoms with Gasteiger partial charge in [-0.25, -0.2) is 4.98 Å². The Kier molecular flexibility index (Phi) is 5.22. The van der Waals surface area contributed by atoms with Crippen LogP contribution in [0, 0.1) is 6.92 Å². The minimum atomic E-state index is -0.497. The van der Waals surface area contributed by atoms with E-state index in [2.05, 4.69) is 15.3 Å². The molecule has 3 rings (SSSR count). The molecule has 3 aromatic rings. The number of pyridine rings is 1. The van der Waals surface area contributed by atoms with Crippen LogP contribution in [0.4, 0.5) is 5.13 Å². The summed E-state index contributed by atoms with van der Waals surface area (Å²) in [5.74, 6) is -0.497. The predicted molar refractivity (Wildman–Crippen MR) is 101 cm³/mol. The maximum absolute atomic E-state index is 12.2. The summed E-state index contributed by atoms with van der Waals surface area (Å²) in [6.07, 6.45) is 2.22. The van der Waals surface area contributed by atoms with E-state index in [1.165, 1.54) is 17.4 Å². The first-order valence-electron chi connectivity index (χ1n) is 7.32. The first-order valence-corrected chi connectivity index (χ1v) is 8.89. The highest BCUT2D eigenvalue weighted by molar-refractivity contribution is 7.15. The van der Waals surface area contributed by atoms with E-state index >= 15 is 0 Å². The molecule has 0 aliphatic rings. The Bertz CT molecular complexity index is 998. The summed E-state index contributed by atoms with van der Waals surface area (Å²) in [4.78, 5) is 31.7. The second-order valence-electron chi connectivity index (χ2n) is 5.38. The molecule has 2 heterocycles. The molecule has 0 saturated heterocycles. The molecule has 0 aliphatic carbocycles. The lowest BCUT2D eigenvalue weighted by Crippen LogP contribution is -2.23. The summed E-state index contributed by atoms with van der Waals surface area (Å²) in [6, 6.07) is 8.43. The quantitative estimate of drug-likeness (QED) is 0.693. The predicted octanol–water partition coefficient (Wildman–Crippen LogP) is 4.29. The second-order valence-corrected chi connectivity index (χ2v) is 7.34. The summed E-state index contributed by atoms with van der Waals surface area (Å²) < 4.78 is 0. The van der Waals surface area contributed by atoms with E-state index in [1.807, 2.05) is 0 Å². The lowest BCUT2D eigenvalue weighted by Gasteiger charge is -2.03. The van der Waals surface area contributed by atoms with Crippen LogP contribution < -0.4 is 10.9 Å². The average molecular weight is 394 g/mol. The normalized spacial score (nSPS) is 10.7. The van der Waals surface area contributed by atoms with Gasteiger partial charge in [0.2, 0.25) is 0 Å². The van der Waals surface area contributed by atoms with Gasteiger partial charge in [-0.15, -0.1) is 11.3 Å². The molecule has 0 unspecified atom stereocenters. The lowest BCUT2D eigenvalue weighted by molar-refractivity contribution is 0.102. The number of aromatic nitrogens is 2. The highest BCUT2D eigenvalue weighted by Crippen LogP contribution is 2.27. The monoisotopic (exact) mass is 393 g/mol. The zero-order valence-corrected chi connectivity index (χ0v) is 15.4. The standard InChI is InChI=1S/C17H13Cl2N3O2S/c1-9-2-4-13(15(23)21-9)16(24)22-17-20-8-12(25-17)7-10-6-11(18)3-5-14(10)19/h2-6,8H,7H2,1H3,(H,21,23)(H,20,22,24). The first kappa shape index (κ1) is 17.7. The van der Waals surface area contributed by atoms with Crippen LogP contribution in [-0.2, 0) is 6.42 Å². The minimum absolute atomic E-state index is 0.0419. The van der Waals surface area contributed by atoms with Gasteiger partial charge in [0.15, 0.2) is 5.13 Å². The van der Waals surface area contributed by atoms with Crippen LogP contribution in [0.1, 0.15) is 26.5 Å². The largest absolute Gasteiger partial charge is 0.326 e. The molecular formula is C17H13Cl2N3O2S. The molecule has 1 aromatic carbocycles. The topological polar surface area (TPSA) is 74.8 Å². The van der Waals surface area contributed by atoms with Gasteiger partial charge in [-0.05, 0) is 42.8 Å². The van der Waals surface area contributed by atoms with Crippen LogP contribution in [0.5, 0.6) is 0 Å². The zero-order chi connectivity index (χ0) is 18.0. The van der Waals surface area contributed by atoms with Crippen molar-refractivity contribution in [3.63, 3.8) is 0 Å². The van der Waals surface area contributed by atoms with Crippen LogP contribution in [0.3, 0.4) is 0 Å². The van der Waals surface area contributed by atoms with Crippen molar-refractivity contribution in [1.82, 2.24) is 9.97 Å². The van der Waals surface area contributed by atoms with E-state index in [4.69, 9.17) is 23.2 Å². The molecule has 0 atom stereocenters. The molecule has 0 spiro atoms. The molecule has 8 heteroatoms. The number of nitrogens with zero attached hydrogens (tertiary/aromatic N) is 1. The van der Waals surface area contributed by atoms with Crippen LogP contribution in [-0.4, -0.2) is 15.9 Å². The summed E-state index contributed by atoms with van der Waals surface area (Å²) >= 11 is 13.5. The number of halogens is 2. The van der Waals surface area contributed by atoms with Gasteiger partial charge in [-0.3, -0.25) is 14.9 Å². The molecule has 0 saturated carbocycles. The van der Waals surface area contributed by atoms with E-state index in [9.17, 15) is 9.59 Å². The minimum Gasteiger partial charge on any atom is -0.326 e. The number of carbonyl (C=O) groups excluding carboxylic acids is 1. The number of H-pyrrole nitrogens is 1. The maximum Gasteiger partial charge on any atom is 0.263 e. The van der Waals surface area contributed by atoms with Gasteiger partial charge < -0.3 is 4.98 Å². The smallest absolute Gasteiger partial charge is 0.263 e. The zero-order valence-electron chi connectivity index (χ0n) is 13.1. The summed E-state index contributed by atoms with van der Waals surface area (Å²) in [6.45, 7) is 1.75. The molecule has 1 amide bonds. The highest BCUT2D eigenvalue weighted by atomic mass is 35.5. The van der Waals surface area contributed by atoms with E-state index in [-0.39, 0.29) is 5.56 Å². The van der Waals surface area contributed by atoms with Crippen LogP contribution in [0.2, 0.25) is 10.0 Å². The third kappa shape index (κ3) is 4.28. The molecule has 128 valence electrons. The van der Waals surface area contributed by atoms with Crippen molar-refractivity contribution in [2.24, 2.45) is 0 Å². The fourth-order valence-corrected chi connectivity index (χ4v) is 3.44. The second kappa shape index (κ2) is 7.39. The third-order valence-electron chi connectivity index (χ3n) is 3.45. The number of amides is 1. The molecule has 0 radical (unpaired) electrons. The number of anilines is 1. The number of nitrogens with one attached hydrogen (secondary N) is 2. The molecule has 5 nitrogen and oxygen atoms in total. The van der Waals surface area contributed by atoms with E-state index < -0.39 is 11.5 Å². The summed E-state index contributed by atoms with van der Waals surface area (Å²) in [5.41, 5.74) is 1.18. The maximum atomic E-state index is 12.2. The van der Waals surface area contributed by atoms with E-state index in [0.29, 0.717) is 27.3 Å². The van der Waals surface area contributed by atoms with Crippen molar-refractivity contribution >= 4 is 45.6 Å². The Balaban J connectivity index is 1.74. The van der Waals surface area contributed by atoms with Crippen molar-refractivity contribution in [2.45, 2.75) is 13.3 Å². The van der Waals surface area contributed by atoms with Gasteiger partial charge in [0, 0.05) is 33.2 Å². The van der Waals surface area contributed by atoms with Crippen molar-refractivity contribution in [2.75, 3.05) is 5.32 Å². The van der Waals surface area contributed by atoms with Gasteiger partial charge in [0.25, 0.3) is 11.5 Å². The van der Waals surface area contributed by atoms with Gasteiger partial charge in [-0.2, -0.15) is 0 Å². The Labute approximate surface area is 157 Å². The highest BCUT2D eigenvalue weighted by Gasteiger charge is 2.13. The summed E-state index contributed by atoms with van der Waals surface area (Å²) in [5, 5.41) is 4.28. The number of carbonyl (C=O) groups is 1. The van der Waals surface area contributed by atoms with Gasteiger partial charge in [0.05, 0.1) is 0 Å². The van der Waals surface area contributed by atoms with Crippen molar-refractivity contribution in [1.29, 1.82) is 0 Å². The number of hydrogen-bond donors (Lipinski definition) is 2. The van der Waals surface area contributed by atoms with E-state index in [1.54, 1.807) is 37.4 Å². The number of benzene rings is 1. The number of thiazole rings is 1. The fourth-order valence-electron chi connectivity index (χ4n) is 2.23. The van der Waals surface area contributed by atoms with E-state index in [0.717, 1.165) is 10.4 Å². The van der Waals surface area contributed by atoms with Crippen molar-refractivity contribution in [3.05, 3.63) is 78.6 Å². The van der Waals surface area contributed by atoms with Gasteiger partial charge in [0.1, 0.15) is 5.56 Å². The molecule has 2 N–H and O–H groups in total. The SMILES string of the molecule is Cc1ccc(C(=O)Nc2ncc(Cc3cc(Cl)ccc3Cl)s2)c(=O)[nH]1. The van der Waals surface area contributed by atoms with Gasteiger partial charge >= 0.3 is 0 Å².